The average molecular weight is 379 g/mol. The number of aromatic nitrogens is 2. The van der Waals surface area contributed by atoms with Crippen molar-refractivity contribution in [2.75, 3.05) is 30.9 Å². The molecule has 2 rings (SSSR count). The van der Waals surface area contributed by atoms with Crippen molar-refractivity contribution in [1.82, 2.24) is 10.2 Å². The monoisotopic (exact) mass is 378 g/mol. The number of methoxy groups -OCH3 is 1. The maximum absolute atomic E-state index is 12.2. The van der Waals surface area contributed by atoms with Gasteiger partial charge in [0.15, 0.2) is 5.69 Å². The maximum atomic E-state index is 12.2. The summed E-state index contributed by atoms with van der Waals surface area (Å²) in [7, 11) is 1.67. The first kappa shape index (κ1) is 17.4. The molecular weight excluding hydrogens is 360 g/mol. The maximum Gasteiger partial charge on any atom is 0.276 e. The minimum Gasteiger partial charge on any atom is -0.385 e. The molecule has 6 nitrogen and oxygen atoms in total. The molecule has 0 aliphatic heterocycles. The zero-order valence-corrected chi connectivity index (χ0v) is 14.7. The molecule has 0 fully saturated rings. The van der Waals surface area contributed by atoms with Gasteiger partial charge in [-0.1, -0.05) is 6.07 Å². The lowest BCUT2D eigenvalue weighted by molar-refractivity contribution is 0.102. The van der Waals surface area contributed by atoms with E-state index in [0.29, 0.717) is 18.1 Å². The highest BCUT2D eigenvalue weighted by molar-refractivity contribution is 9.10. The minimum absolute atomic E-state index is 0.264. The van der Waals surface area contributed by atoms with Crippen LogP contribution in [-0.4, -0.2) is 36.4 Å². The van der Waals surface area contributed by atoms with Gasteiger partial charge in [0.1, 0.15) is 5.82 Å². The Morgan fingerprint density at radius 1 is 1.26 bits per heavy atom. The number of hydrogen-bond donors (Lipinski definition) is 2. The molecule has 0 aliphatic rings. The Morgan fingerprint density at radius 3 is 2.74 bits per heavy atom. The van der Waals surface area contributed by atoms with Crippen LogP contribution >= 0.6 is 15.9 Å². The molecule has 0 unspecified atom stereocenters. The van der Waals surface area contributed by atoms with Crippen LogP contribution < -0.4 is 10.6 Å². The predicted octanol–water partition coefficient (Wildman–Crippen LogP) is 3.25. The average Bonchev–Trinajstić information content (AvgIpc) is 2.55. The molecule has 0 radical (unpaired) electrons. The zero-order valence-electron chi connectivity index (χ0n) is 13.1. The summed E-state index contributed by atoms with van der Waals surface area (Å²) in [6, 6.07) is 9.09. The largest absolute Gasteiger partial charge is 0.385 e. The van der Waals surface area contributed by atoms with Gasteiger partial charge in [0.25, 0.3) is 5.91 Å². The smallest absolute Gasteiger partial charge is 0.276 e. The van der Waals surface area contributed by atoms with Crippen molar-refractivity contribution in [3.63, 3.8) is 0 Å². The highest BCUT2D eigenvalue weighted by Crippen LogP contribution is 2.23. The third kappa shape index (κ3) is 5.30. The molecule has 0 saturated carbocycles. The van der Waals surface area contributed by atoms with Gasteiger partial charge in [0.2, 0.25) is 0 Å². The molecule has 0 aliphatic carbocycles. The number of hydrogen-bond acceptors (Lipinski definition) is 5. The van der Waals surface area contributed by atoms with Crippen molar-refractivity contribution >= 4 is 33.3 Å². The number of nitrogens with one attached hydrogen (secondary N) is 2. The highest BCUT2D eigenvalue weighted by Gasteiger charge is 2.10. The first-order valence-electron chi connectivity index (χ1n) is 7.24. The second kappa shape index (κ2) is 8.59. The fourth-order valence-corrected chi connectivity index (χ4v) is 2.48. The van der Waals surface area contributed by atoms with Gasteiger partial charge in [0, 0.05) is 24.7 Å². The van der Waals surface area contributed by atoms with Crippen LogP contribution in [0.2, 0.25) is 0 Å². The summed E-state index contributed by atoms with van der Waals surface area (Å²) >= 11 is 3.43. The third-order valence-corrected chi connectivity index (χ3v) is 3.76. The summed E-state index contributed by atoms with van der Waals surface area (Å²) < 4.78 is 5.80. The van der Waals surface area contributed by atoms with Crippen LogP contribution in [0.1, 0.15) is 22.5 Å². The fourth-order valence-electron chi connectivity index (χ4n) is 1.89. The van der Waals surface area contributed by atoms with Crippen LogP contribution in [0.4, 0.5) is 11.5 Å². The van der Waals surface area contributed by atoms with Crippen LogP contribution in [0.5, 0.6) is 0 Å². The molecule has 2 N–H and O–H groups in total. The molecule has 1 aromatic carbocycles. The van der Waals surface area contributed by atoms with E-state index in [1.54, 1.807) is 19.2 Å². The van der Waals surface area contributed by atoms with Crippen molar-refractivity contribution in [3.8, 4) is 0 Å². The van der Waals surface area contributed by atoms with E-state index in [0.717, 1.165) is 23.0 Å². The van der Waals surface area contributed by atoms with Crippen LogP contribution in [0.3, 0.4) is 0 Å². The van der Waals surface area contributed by atoms with E-state index in [1.165, 1.54) is 0 Å². The summed E-state index contributed by atoms with van der Waals surface area (Å²) in [5.74, 6) is 0.335. The van der Waals surface area contributed by atoms with Crippen LogP contribution in [-0.2, 0) is 4.74 Å². The summed E-state index contributed by atoms with van der Waals surface area (Å²) in [5.41, 5.74) is 2.07. The molecule has 2 aromatic rings. The highest BCUT2D eigenvalue weighted by atomic mass is 79.9. The van der Waals surface area contributed by atoms with E-state index in [9.17, 15) is 4.79 Å². The molecule has 7 heteroatoms. The van der Waals surface area contributed by atoms with Crippen molar-refractivity contribution in [2.24, 2.45) is 0 Å². The number of carbonyl (C=O) groups excluding carboxylic acids is 1. The summed E-state index contributed by atoms with van der Waals surface area (Å²) in [5, 5.41) is 13.9. The standard InChI is InChI=1S/C16H19BrN4O2/c1-11-4-5-13(12(17)10-11)19-16(22)14-6-7-15(21-20-14)18-8-3-9-23-2/h4-7,10H,3,8-9H2,1-2H3,(H,18,21)(H,19,22). The molecule has 1 amide bonds. The van der Waals surface area contributed by atoms with Crippen LogP contribution in [0, 0.1) is 6.92 Å². The Labute approximate surface area is 143 Å². The molecule has 1 heterocycles. The normalized spacial score (nSPS) is 10.4. The van der Waals surface area contributed by atoms with E-state index in [4.69, 9.17) is 4.74 Å². The Kier molecular flexibility index (Phi) is 6.49. The first-order chi connectivity index (χ1) is 11.1. The zero-order chi connectivity index (χ0) is 16.7. The number of halogens is 1. The molecule has 0 atom stereocenters. The van der Waals surface area contributed by atoms with E-state index < -0.39 is 0 Å². The first-order valence-corrected chi connectivity index (χ1v) is 8.03. The summed E-state index contributed by atoms with van der Waals surface area (Å²) in [4.78, 5) is 12.2. The SMILES string of the molecule is COCCCNc1ccc(C(=O)Nc2ccc(C)cc2Br)nn1. The molecule has 0 bridgehead atoms. The molecule has 1 aromatic heterocycles. The van der Waals surface area contributed by atoms with E-state index in [-0.39, 0.29) is 11.6 Å². The number of carbonyl (C=O) groups is 1. The van der Waals surface area contributed by atoms with Crippen LogP contribution in [0.15, 0.2) is 34.8 Å². The van der Waals surface area contributed by atoms with E-state index in [1.807, 2.05) is 25.1 Å². The lowest BCUT2D eigenvalue weighted by Gasteiger charge is -2.08. The number of ether oxygens (including phenoxy) is 1. The van der Waals surface area contributed by atoms with Gasteiger partial charge in [0.05, 0.1) is 5.69 Å². The molecule has 0 saturated heterocycles. The molecule has 0 spiro atoms. The third-order valence-electron chi connectivity index (χ3n) is 3.10. The van der Waals surface area contributed by atoms with Gasteiger partial charge in [-0.05, 0) is 59.1 Å². The number of nitrogens with zero attached hydrogens (tertiary/aromatic N) is 2. The van der Waals surface area contributed by atoms with E-state index in [2.05, 4.69) is 36.8 Å². The van der Waals surface area contributed by atoms with Gasteiger partial charge in [-0.15, -0.1) is 10.2 Å². The number of rotatable bonds is 7. The number of aryl methyl sites for hydroxylation is 1. The number of anilines is 2. The molecule has 122 valence electrons. The lowest BCUT2D eigenvalue weighted by atomic mass is 10.2. The van der Waals surface area contributed by atoms with Gasteiger partial charge < -0.3 is 15.4 Å². The van der Waals surface area contributed by atoms with Crippen LogP contribution in [0.25, 0.3) is 0 Å². The van der Waals surface area contributed by atoms with Crippen molar-refractivity contribution < 1.29 is 9.53 Å². The van der Waals surface area contributed by atoms with Crippen molar-refractivity contribution in [2.45, 2.75) is 13.3 Å². The fraction of sp³-hybridized carbons (Fsp3) is 0.312. The van der Waals surface area contributed by atoms with Gasteiger partial charge in [-0.3, -0.25) is 4.79 Å². The van der Waals surface area contributed by atoms with Crippen molar-refractivity contribution in [3.05, 3.63) is 46.1 Å². The Bertz CT molecular complexity index is 662. The Balaban J connectivity index is 1.94. The second-order valence-corrected chi connectivity index (χ2v) is 5.87. The molecular formula is C16H19BrN4O2. The van der Waals surface area contributed by atoms with Gasteiger partial charge >= 0.3 is 0 Å². The number of amides is 1. The lowest BCUT2D eigenvalue weighted by Crippen LogP contribution is -2.15. The topological polar surface area (TPSA) is 76.1 Å². The Morgan fingerprint density at radius 2 is 2.09 bits per heavy atom. The minimum atomic E-state index is -0.298. The Hall–Kier alpha value is -1.99. The van der Waals surface area contributed by atoms with E-state index >= 15 is 0 Å². The second-order valence-electron chi connectivity index (χ2n) is 5.01. The summed E-state index contributed by atoms with van der Waals surface area (Å²) in [6.07, 6.45) is 0.877. The van der Waals surface area contributed by atoms with Gasteiger partial charge in [-0.2, -0.15) is 0 Å². The number of benzene rings is 1. The van der Waals surface area contributed by atoms with Gasteiger partial charge in [-0.25, -0.2) is 0 Å². The predicted molar refractivity (Wildman–Crippen MR) is 93.8 cm³/mol. The van der Waals surface area contributed by atoms with Crippen molar-refractivity contribution in [1.29, 1.82) is 0 Å². The quantitative estimate of drug-likeness (QED) is 0.723. The molecule has 23 heavy (non-hydrogen) atoms. The summed E-state index contributed by atoms with van der Waals surface area (Å²) in [6.45, 7) is 3.41.